The van der Waals surface area contributed by atoms with E-state index in [0.29, 0.717) is 34.7 Å². The van der Waals surface area contributed by atoms with Crippen molar-refractivity contribution in [2.24, 2.45) is 0 Å². The van der Waals surface area contributed by atoms with E-state index in [9.17, 15) is 22.7 Å². The van der Waals surface area contributed by atoms with Gasteiger partial charge in [0.15, 0.2) is 0 Å². The van der Waals surface area contributed by atoms with Crippen LogP contribution in [0.4, 0.5) is 44.7 Å². The Hall–Kier alpha value is -4.54. The van der Waals surface area contributed by atoms with Gasteiger partial charge in [-0.15, -0.1) is 13.2 Å². The Morgan fingerprint density at radius 3 is 2.40 bits per heavy atom. The minimum absolute atomic E-state index is 0.225. The standard InChI is InChI=1S/C29H25F5N4O2/c1-28(2)15-38(27-23(39)13-20(30)25(26(27)28)17-7-12-24(31)35-14-17)22-6-4-3-5-21(22)37-16-36-18-8-10-19(11-9-18)40-29(32,33)34/h3-14,36-37,39H,15-16H2,1-2H3. The molecule has 0 unspecified atom stereocenters. The molecule has 0 bridgehead atoms. The molecule has 208 valence electrons. The van der Waals surface area contributed by atoms with Crippen molar-refractivity contribution in [2.75, 3.05) is 28.7 Å². The summed E-state index contributed by atoms with van der Waals surface area (Å²) in [5.74, 6) is -1.87. The predicted octanol–water partition coefficient (Wildman–Crippen LogP) is 7.54. The van der Waals surface area contributed by atoms with E-state index in [2.05, 4.69) is 20.4 Å². The molecule has 6 nitrogen and oxygen atoms in total. The van der Waals surface area contributed by atoms with Crippen LogP contribution in [0.25, 0.3) is 11.1 Å². The van der Waals surface area contributed by atoms with E-state index in [1.54, 1.807) is 0 Å². The molecule has 2 heterocycles. The average molecular weight is 557 g/mol. The van der Waals surface area contributed by atoms with Crippen molar-refractivity contribution in [3.8, 4) is 22.6 Å². The van der Waals surface area contributed by atoms with E-state index in [0.717, 1.165) is 17.8 Å². The summed E-state index contributed by atoms with van der Waals surface area (Å²) in [6, 6.07) is 16.4. The van der Waals surface area contributed by atoms with Gasteiger partial charge >= 0.3 is 6.36 Å². The summed E-state index contributed by atoms with van der Waals surface area (Å²) in [5, 5.41) is 17.3. The first-order valence-electron chi connectivity index (χ1n) is 12.3. The fourth-order valence-electron chi connectivity index (χ4n) is 5.00. The summed E-state index contributed by atoms with van der Waals surface area (Å²) in [6.45, 7) is 4.51. The van der Waals surface area contributed by atoms with Gasteiger partial charge in [0.25, 0.3) is 0 Å². The number of aromatic nitrogens is 1. The van der Waals surface area contributed by atoms with Crippen molar-refractivity contribution in [3.05, 3.63) is 90.3 Å². The number of fused-ring (bicyclic) bond motifs is 1. The Morgan fingerprint density at radius 2 is 1.73 bits per heavy atom. The van der Waals surface area contributed by atoms with Crippen LogP contribution in [0.15, 0.2) is 72.9 Å². The molecule has 0 saturated heterocycles. The van der Waals surface area contributed by atoms with Gasteiger partial charge < -0.3 is 25.4 Å². The second-order valence-electron chi connectivity index (χ2n) is 9.94. The smallest absolute Gasteiger partial charge is 0.506 e. The number of nitrogens with zero attached hydrogens (tertiary/aromatic N) is 2. The van der Waals surface area contributed by atoms with E-state index in [1.807, 2.05) is 43.0 Å². The molecular formula is C29H25F5N4O2. The predicted molar refractivity (Wildman–Crippen MR) is 143 cm³/mol. The molecule has 1 aromatic heterocycles. The molecule has 0 aliphatic carbocycles. The number of anilines is 4. The van der Waals surface area contributed by atoms with E-state index >= 15 is 4.39 Å². The third-order valence-corrected chi connectivity index (χ3v) is 6.60. The van der Waals surface area contributed by atoms with Gasteiger partial charge in [0, 0.05) is 41.0 Å². The van der Waals surface area contributed by atoms with Crippen LogP contribution in [-0.4, -0.2) is 29.7 Å². The maximum Gasteiger partial charge on any atom is 0.573 e. The number of para-hydroxylation sites is 2. The Labute approximate surface area is 227 Å². The summed E-state index contributed by atoms with van der Waals surface area (Å²) in [7, 11) is 0. The van der Waals surface area contributed by atoms with E-state index in [4.69, 9.17) is 0 Å². The summed E-state index contributed by atoms with van der Waals surface area (Å²) < 4.78 is 69.9. The molecule has 0 saturated carbocycles. The minimum Gasteiger partial charge on any atom is -0.506 e. The van der Waals surface area contributed by atoms with Crippen molar-refractivity contribution in [1.29, 1.82) is 0 Å². The number of phenols is 1. The number of rotatable bonds is 7. The number of halogens is 5. The first-order valence-corrected chi connectivity index (χ1v) is 12.3. The Bertz CT molecular complexity index is 1520. The molecule has 0 amide bonds. The summed E-state index contributed by atoms with van der Waals surface area (Å²) in [6.07, 6.45) is -3.49. The molecule has 1 aliphatic heterocycles. The number of hydrogen-bond donors (Lipinski definition) is 3. The molecule has 3 N–H and O–H groups in total. The maximum atomic E-state index is 15.3. The molecule has 0 atom stereocenters. The lowest BCUT2D eigenvalue weighted by atomic mass is 9.81. The normalized spacial score (nSPS) is 14.1. The van der Waals surface area contributed by atoms with Crippen LogP contribution in [0.1, 0.15) is 19.4 Å². The highest BCUT2D eigenvalue weighted by atomic mass is 19.4. The van der Waals surface area contributed by atoms with Crippen molar-refractivity contribution in [3.63, 3.8) is 0 Å². The summed E-state index contributed by atoms with van der Waals surface area (Å²) >= 11 is 0. The fraction of sp³-hybridized carbons (Fsp3) is 0.207. The molecule has 5 rings (SSSR count). The Morgan fingerprint density at radius 1 is 1.00 bits per heavy atom. The van der Waals surface area contributed by atoms with Crippen LogP contribution in [0.3, 0.4) is 0 Å². The summed E-state index contributed by atoms with van der Waals surface area (Å²) in [4.78, 5) is 5.58. The zero-order chi connectivity index (χ0) is 28.7. The maximum absolute atomic E-state index is 15.3. The van der Waals surface area contributed by atoms with E-state index in [-0.39, 0.29) is 23.7 Å². The van der Waals surface area contributed by atoms with Crippen LogP contribution in [0, 0.1) is 11.8 Å². The van der Waals surface area contributed by atoms with Gasteiger partial charge in [0.2, 0.25) is 5.95 Å². The molecule has 1 aliphatic rings. The van der Waals surface area contributed by atoms with Crippen molar-refractivity contribution < 1.29 is 31.8 Å². The third-order valence-electron chi connectivity index (χ3n) is 6.60. The molecule has 40 heavy (non-hydrogen) atoms. The van der Waals surface area contributed by atoms with Gasteiger partial charge in [-0.05, 0) is 54.1 Å². The quantitative estimate of drug-likeness (QED) is 0.124. The van der Waals surface area contributed by atoms with Crippen molar-refractivity contribution in [2.45, 2.75) is 25.6 Å². The highest BCUT2D eigenvalue weighted by Crippen LogP contribution is 2.54. The second kappa shape index (κ2) is 10.2. The molecule has 4 aromatic rings. The van der Waals surface area contributed by atoms with Gasteiger partial charge in [-0.3, -0.25) is 0 Å². The monoisotopic (exact) mass is 556 g/mol. The Balaban J connectivity index is 1.42. The van der Waals surface area contributed by atoms with Gasteiger partial charge in [0.1, 0.15) is 17.3 Å². The SMILES string of the molecule is CC1(C)CN(c2ccccc2NCNc2ccc(OC(F)(F)F)cc2)c2c(O)cc(F)c(-c3ccc(F)nc3)c21. The van der Waals surface area contributed by atoms with Crippen molar-refractivity contribution in [1.82, 2.24) is 4.98 Å². The van der Waals surface area contributed by atoms with Gasteiger partial charge in [-0.1, -0.05) is 26.0 Å². The molecule has 3 aromatic carbocycles. The largest absolute Gasteiger partial charge is 0.573 e. The van der Waals surface area contributed by atoms with Crippen LogP contribution in [0.2, 0.25) is 0 Å². The minimum atomic E-state index is -4.76. The lowest BCUT2D eigenvalue weighted by Crippen LogP contribution is -2.26. The van der Waals surface area contributed by atoms with Gasteiger partial charge in [-0.25, -0.2) is 9.37 Å². The lowest BCUT2D eigenvalue weighted by Gasteiger charge is -2.25. The number of ether oxygens (including phenoxy) is 1. The van der Waals surface area contributed by atoms with Crippen LogP contribution >= 0.6 is 0 Å². The average Bonchev–Trinajstić information content (AvgIpc) is 3.17. The van der Waals surface area contributed by atoms with E-state index < -0.39 is 23.5 Å². The van der Waals surface area contributed by atoms with Gasteiger partial charge in [0.05, 0.1) is 23.7 Å². The highest BCUT2D eigenvalue weighted by molar-refractivity contribution is 5.89. The first kappa shape index (κ1) is 27.0. The zero-order valence-electron chi connectivity index (χ0n) is 21.5. The third kappa shape index (κ3) is 5.45. The molecule has 0 fully saturated rings. The molecular weight excluding hydrogens is 531 g/mol. The Kier molecular flexibility index (Phi) is 6.91. The number of benzene rings is 3. The number of phenolic OH excluding ortho intramolecular Hbond substituents is 1. The van der Waals surface area contributed by atoms with Crippen LogP contribution in [0.5, 0.6) is 11.5 Å². The first-order chi connectivity index (χ1) is 18.9. The zero-order valence-corrected chi connectivity index (χ0v) is 21.5. The fourth-order valence-corrected chi connectivity index (χ4v) is 5.00. The van der Waals surface area contributed by atoms with Crippen LogP contribution in [-0.2, 0) is 5.41 Å². The number of aromatic hydroxyl groups is 1. The van der Waals surface area contributed by atoms with Crippen LogP contribution < -0.4 is 20.3 Å². The molecule has 0 spiro atoms. The number of pyridine rings is 1. The number of nitrogens with one attached hydrogen (secondary N) is 2. The molecule has 0 radical (unpaired) electrons. The summed E-state index contributed by atoms with van der Waals surface area (Å²) in [5.41, 5.74) is 3.03. The van der Waals surface area contributed by atoms with Crippen molar-refractivity contribution >= 4 is 22.7 Å². The highest BCUT2D eigenvalue weighted by Gasteiger charge is 2.42. The van der Waals surface area contributed by atoms with E-state index in [1.165, 1.54) is 36.5 Å². The molecule has 11 heteroatoms. The number of alkyl halides is 3. The topological polar surface area (TPSA) is 69.7 Å². The lowest BCUT2D eigenvalue weighted by molar-refractivity contribution is -0.274. The number of hydrogen-bond acceptors (Lipinski definition) is 6. The van der Waals surface area contributed by atoms with Gasteiger partial charge in [-0.2, -0.15) is 4.39 Å². The second-order valence-corrected chi connectivity index (χ2v) is 9.94.